The van der Waals surface area contributed by atoms with Crippen LogP contribution in [0.3, 0.4) is 0 Å². The summed E-state index contributed by atoms with van der Waals surface area (Å²) in [6.07, 6.45) is 0. The van der Waals surface area contributed by atoms with Gasteiger partial charge in [-0.2, -0.15) is 5.26 Å². The SMILES string of the molecule is CC(c1ccccc1F)N(C)c1ccc(N)c(C#N)n1. The number of halogens is 1. The molecule has 1 atom stereocenters. The Balaban J connectivity index is 2.34. The van der Waals surface area contributed by atoms with Gasteiger partial charge in [-0.3, -0.25) is 0 Å². The van der Waals surface area contributed by atoms with E-state index in [0.717, 1.165) is 0 Å². The van der Waals surface area contributed by atoms with Crippen LogP contribution in [0.1, 0.15) is 24.2 Å². The molecule has 0 radical (unpaired) electrons. The molecule has 0 amide bonds. The summed E-state index contributed by atoms with van der Waals surface area (Å²) in [5, 5.41) is 8.95. The fraction of sp³-hybridized carbons (Fsp3) is 0.200. The lowest BCUT2D eigenvalue weighted by Crippen LogP contribution is -2.23. The lowest BCUT2D eigenvalue weighted by atomic mass is 10.1. The fourth-order valence-electron chi connectivity index (χ4n) is 1.97. The predicted molar refractivity (Wildman–Crippen MR) is 76.6 cm³/mol. The van der Waals surface area contributed by atoms with Crippen molar-refractivity contribution in [1.29, 1.82) is 5.26 Å². The number of hydrogen-bond donors (Lipinski definition) is 1. The quantitative estimate of drug-likeness (QED) is 0.931. The first-order chi connectivity index (χ1) is 9.54. The van der Waals surface area contributed by atoms with E-state index in [9.17, 15) is 4.39 Å². The van der Waals surface area contributed by atoms with Crippen LogP contribution in [0.2, 0.25) is 0 Å². The summed E-state index contributed by atoms with van der Waals surface area (Å²) >= 11 is 0. The molecule has 102 valence electrons. The minimum Gasteiger partial charge on any atom is -0.396 e. The first-order valence-electron chi connectivity index (χ1n) is 6.18. The first kappa shape index (κ1) is 13.8. The predicted octanol–water partition coefficient (Wildman–Crippen LogP) is 2.87. The highest BCUT2D eigenvalue weighted by Crippen LogP contribution is 2.26. The molecule has 0 aliphatic rings. The van der Waals surface area contributed by atoms with Gasteiger partial charge in [0.1, 0.15) is 17.7 Å². The number of nitrogen functional groups attached to an aromatic ring is 1. The van der Waals surface area contributed by atoms with Gasteiger partial charge in [-0.05, 0) is 25.1 Å². The van der Waals surface area contributed by atoms with Crippen LogP contribution in [-0.4, -0.2) is 12.0 Å². The minimum absolute atomic E-state index is 0.176. The standard InChI is InChI=1S/C15H15FN4/c1-10(11-5-3-4-6-12(11)16)20(2)15-8-7-13(18)14(9-17)19-15/h3-8,10H,18H2,1-2H3. The van der Waals surface area contributed by atoms with Gasteiger partial charge in [0.25, 0.3) is 0 Å². The van der Waals surface area contributed by atoms with Crippen molar-refractivity contribution < 1.29 is 4.39 Å². The molecule has 2 rings (SSSR count). The molecule has 0 spiro atoms. The summed E-state index contributed by atoms with van der Waals surface area (Å²) in [4.78, 5) is 5.99. The van der Waals surface area contributed by atoms with Gasteiger partial charge in [0, 0.05) is 12.6 Å². The second-order valence-corrected chi connectivity index (χ2v) is 4.53. The number of nitriles is 1. The number of pyridine rings is 1. The van der Waals surface area contributed by atoms with Crippen molar-refractivity contribution in [2.24, 2.45) is 0 Å². The van der Waals surface area contributed by atoms with Crippen molar-refractivity contribution in [3.8, 4) is 6.07 Å². The Morgan fingerprint density at radius 2 is 2.00 bits per heavy atom. The molecule has 2 N–H and O–H groups in total. The minimum atomic E-state index is -0.261. The smallest absolute Gasteiger partial charge is 0.165 e. The van der Waals surface area contributed by atoms with E-state index in [1.54, 1.807) is 42.3 Å². The summed E-state index contributed by atoms with van der Waals surface area (Å²) in [5.41, 5.74) is 6.74. The monoisotopic (exact) mass is 270 g/mol. The maximum absolute atomic E-state index is 13.8. The highest BCUT2D eigenvalue weighted by molar-refractivity contribution is 5.55. The van der Waals surface area contributed by atoms with Crippen LogP contribution in [-0.2, 0) is 0 Å². The van der Waals surface area contributed by atoms with E-state index in [1.165, 1.54) is 6.07 Å². The highest BCUT2D eigenvalue weighted by Gasteiger charge is 2.17. The first-order valence-corrected chi connectivity index (χ1v) is 6.18. The molecule has 1 heterocycles. The molecule has 0 saturated heterocycles. The van der Waals surface area contributed by atoms with Gasteiger partial charge in [0.2, 0.25) is 0 Å². The summed E-state index contributed by atoms with van der Waals surface area (Å²) < 4.78 is 13.8. The van der Waals surface area contributed by atoms with E-state index in [4.69, 9.17) is 11.0 Å². The van der Waals surface area contributed by atoms with Crippen molar-refractivity contribution in [3.05, 3.63) is 53.5 Å². The molecule has 1 aromatic heterocycles. The Kier molecular flexibility index (Phi) is 3.85. The van der Waals surface area contributed by atoms with Gasteiger partial charge in [-0.15, -0.1) is 0 Å². The van der Waals surface area contributed by atoms with Crippen molar-refractivity contribution in [2.45, 2.75) is 13.0 Å². The number of anilines is 2. The summed E-state index contributed by atoms with van der Waals surface area (Å²) in [6, 6.07) is 11.7. The van der Waals surface area contributed by atoms with Crippen LogP contribution in [0.15, 0.2) is 36.4 Å². The molecular weight excluding hydrogens is 255 g/mol. The third kappa shape index (κ3) is 2.54. The zero-order valence-corrected chi connectivity index (χ0v) is 11.3. The van der Waals surface area contributed by atoms with Crippen LogP contribution in [0.25, 0.3) is 0 Å². The van der Waals surface area contributed by atoms with Gasteiger partial charge >= 0.3 is 0 Å². The molecule has 1 aromatic carbocycles. The lowest BCUT2D eigenvalue weighted by Gasteiger charge is -2.26. The number of aromatic nitrogens is 1. The third-order valence-corrected chi connectivity index (χ3v) is 3.32. The van der Waals surface area contributed by atoms with Crippen molar-refractivity contribution in [2.75, 3.05) is 17.7 Å². The van der Waals surface area contributed by atoms with E-state index >= 15 is 0 Å². The van der Waals surface area contributed by atoms with Gasteiger partial charge in [0.05, 0.1) is 11.7 Å². The molecule has 2 aromatic rings. The van der Waals surface area contributed by atoms with Gasteiger partial charge in [-0.1, -0.05) is 18.2 Å². The van der Waals surface area contributed by atoms with E-state index < -0.39 is 0 Å². The molecule has 1 unspecified atom stereocenters. The van der Waals surface area contributed by atoms with E-state index in [-0.39, 0.29) is 17.6 Å². The topological polar surface area (TPSA) is 65.9 Å². The number of hydrogen-bond acceptors (Lipinski definition) is 4. The average Bonchev–Trinajstić information content (AvgIpc) is 2.47. The van der Waals surface area contributed by atoms with Crippen LogP contribution in [0.5, 0.6) is 0 Å². The van der Waals surface area contributed by atoms with Gasteiger partial charge in [-0.25, -0.2) is 9.37 Å². The van der Waals surface area contributed by atoms with Crippen molar-refractivity contribution in [1.82, 2.24) is 4.98 Å². The maximum atomic E-state index is 13.8. The largest absolute Gasteiger partial charge is 0.396 e. The Hall–Kier alpha value is -2.61. The second-order valence-electron chi connectivity index (χ2n) is 4.53. The maximum Gasteiger partial charge on any atom is 0.165 e. The lowest BCUT2D eigenvalue weighted by molar-refractivity contribution is 0.584. The average molecular weight is 270 g/mol. The Morgan fingerprint density at radius 3 is 2.65 bits per heavy atom. The molecule has 0 aliphatic carbocycles. The number of rotatable bonds is 3. The van der Waals surface area contributed by atoms with E-state index in [1.807, 2.05) is 13.0 Å². The van der Waals surface area contributed by atoms with E-state index in [2.05, 4.69) is 4.98 Å². The third-order valence-electron chi connectivity index (χ3n) is 3.32. The van der Waals surface area contributed by atoms with Crippen LogP contribution in [0.4, 0.5) is 15.9 Å². The summed E-state index contributed by atoms with van der Waals surface area (Å²) in [6.45, 7) is 1.88. The Morgan fingerprint density at radius 1 is 1.30 bits per heavy atom. The van der Waals surface area contributed by atoms with Gasteiger partial charge < -0.3 is 10.6 Å². The number of nitrogens with two attached hydrogens (primary N) is 1. The number of nitrogens with zero attached hydrogens (tertiary/aromatic N) is 3. The number of benzene rings is 1. The Bertz CT molecular complexity index is 663. The fourth-order valence-corrected chi connectivity index (χ4v) is 1.97. The second kappa shape index (κ2) is 5.57. The van der Waals surface area contributed by atoms with Crippen LogP contribution in [0, 0.1) is 17.1 Å². The van der Waals surface area contributed by atoms with Crippen LogP contribution < -0.4 is 10.6 Å². The highest BCUT2D eigenvalue weighted by atomic mass is 19.1. The Labute approximate surface area is 117 Å². The molecule has 5 heteroatoms. The zero-order chi connectivity index (χ0) is 14.7. The molecule has 0 aliphatic heterocycles. The zero-order valence-electron chi connectivity index (χ0n) is 11.3. The van der Waals surface area contributed by atoms with Crippen molar-refractivity contribution in [3.63, 3.8) is 0 Å². The van der Waals surface area contributed by atoms with Crippen molar-refractivity contribution >= 4 is 11.5 Å². The molecule has 0 bridgehead atoms. The molecular formula is C15H15FN4. The molecule has 0 fully saturated rings. The normalized spacial score (nSPS) is 11.7. The molecule has 20 heavy (non-hydrogen) atoms. The van der Waals surface area contributed by atoms with Crippen LogP contribution >= 0.6 is 0 Å². The summed E-state index contributed by atoms with van der Waals surface area (Å²) in [5.74, 6) is 0.314. The summed E-state index contributed by atoms with van der Waals surface area (Å²) in [7, 11) is 1.80. The van der Waals surface area contributed by atoms with E-state index in [0.29, 0.717) is 17.1 Å². The molecule has 4 nitrogen and oxygen atoms in total. The molecule has 0 saturated carbocycles. The van der Waals surface area contributed by atoms with Gasteiger partial charge in [0.15, 0.2) is 5.69 Å².